The molecule has 0 saturated carbocycles. The molecule has 2 aromatic carbocycles. The van der Waals surface area contributed by atoms with Crippen LogP contribution in [0.5, 0.6) is 5.88 Å². The molecule has 3 rings (SSSR count). The van der Waals surface area contributed by atoms with Gasteiger partial charge in [0.2, 0.25) is 0 Å². The molecule has 0 aliphatic heterocycles. The van der Waals surface area contributed by atoms with Crippen LogP contribution in [0.25, 0.3) is 22.5 Å². The fraction of sp³-hybridized carbons (Fsp3) is 0.304. The first kappa shape index (κ1) is 21.0. The molecule has 1 heterocycles. The highest BCUT2D eigenvalue weighted by Crippen LogP contribution is 2.34. The summed E-state index contributed by atoms with van der Waals surface area (Å²) < 4.78 is 28.2. The molecule has 0 aliphatic carbocycles. The third-order valence-corrected chi connectivity index (χ3v) is 5.86. The molecular weight excluding hydrogens is 384 g/mol. The Labute approximate surface area is 172 Å². The van der Waals surface area contributed by atoms with Gasteiger partial charge in [-0.05, 0) is 99.2 Å². The van der Waals surface area contributed by atoms with E-state index in [4.69, 9.17) is 4.18 Å². The molecule has 152 valence electrons. The molecule has 0 fully saturated rings. The van der Waals surface area contributed by atoms with Crippen LogP contribution in [0, 0.1) is 41.5 Å². The number of aromatic nitrogens is 2. The van der Waals surface area contributed by atoms with E-state index in [2.05, 4.69) is 63.6 Å². The monoisotopic (exact) mass is 410 g/mol. The molecule has 0 atom stereocenters. The summed E-state index contributed by atoms with van der Waals surface area (Å²) in [5.41, 5.74) is 10.2. The summed E-state index contributed by atoms with van der Waals surface area (Å²) in [7, 11) is -3.70. The summed E-state index contributed by atoms with van der Waals surface area (Å²) in [5, 5.41) is 0. The van der Waals surface area contributed by atoms with Crippen LogP contribution in [0.15, 0.2) is 30.5 Å². The average Bonchev–Trinajstić information content (AvgIpc) is 2.62. The van der Waals surface area contributed by atoms with Gasteiger partial charge in [-0.3, -0.25) is 0 Å². The SMILES string of the molecule is Cc1cc(-c2ncc(OS(C)(=O)=O)nc2-c2cc(C)c(C)c(C)c2)cc(C)c1C. The van der Waals surface area contributed by atoms with Gasteiger partial charge in [0, 0.05) is 11.1 Å². The van der Waals surface area contributed by atoms with Crippen molar-refractivity contribution in [3.63, 3.8) is 0 Å². The fourth-order valence-corrected chi connectivity index (χ4v) is 3.72. The van der Waals surface area contributed by atoms with Crippen LogP contribution in [0.3, 0.4) is 0 Å². The van der Waals surface area contributed by atoms with Gasteiger partial charge in [-0.15, -0.1) is 0 Å². The lowest BCUT2D eigenvalue weighted by molar-refractivity contribution is 0.481. The van der Waals surface area contributed by atoms with Gasteiger partial charge in [0.15, 0.2) is 0 Å². The zero-order valence-electron chi connectivity index (χ0n) is 17.9. The summed E-state index contributed by atoms with van der Waals surface area (Å²) in [6.07, 6.45) is 2.35. The average molecular weight is 411 g/mol. The second kappa shape index (κ2) is 7.59. The standard InChI is InChI=1S/C23H26N2O3S/c1-13-8-19(9-14(2)17(13)5)22-23(20-10-15(3)18(6)16(4)11-20)25-21(12-24-22)28-29(7,26)27/h8-12H,1-7H3. The van der Waals surface area contributed by atoms with Crippen molar-refractivity contribution in [1.82, 2.24) is 9.97 Å². The summed E-state index contributed by atoms with van der Waals surface area (Å²) in [4.78, 5) is 9.09. The fourth-order valence-electron chi connectivity index (χ4n) is 3.33. The lowest BCUT2D eigenvalue weighted by atomic mass is 9.94. The molecule has 0 saturated heterocycles. The molecule has 1 aromatic heterocycles. The minimum Gasteiger partial charge on any atom is -0.360 e. The zero-order valence-corrected chi connectivity index (χ0v) is 18.7. The Morgan fingerprint density at radius 2 is 1.14 bits per heavy atom. The summed E-state index contributed by atoms with van der Waals surface area (Å²) in [5.74, 6) is -0.0392. The smallest absolute Gasteiger partial charge is 0.307 e. The molecule has 5 nitrogen and oxygen atoms in total. The molecule has 0 N–H and O–H groups in total. The zero-order chi connectivity index (χ0) is 21.5. The number of rotatable bonds is 4. The van der Waals surface area contributed by atoms with E-state index in [-0.39, 0.29) is 5.88 Å². The van der Waals surface area contributed by atoms with Gasteiger partial charge in [-0.25, -0.2) is 9.97 Å². The van der Waals surface area contributed by atoms with Gasteiger partial charge in [0.05, 0.1) is 18.1 Å². The Kier molecular flexibility index (Phi) is 5.50. The molecule has 0 bridgehead atoms. The van der Waals surface area contributed by atoms with Crippen molar-refractivity contribution in [2.24, 2.45) is 0 Å². The molecule has 0 aliphatic rings. The van der Waals surface area contributed by atoms with Crippen molar-refractivity contribution < 1.29 is 12.6 Å². The Bertz CT molecular complexity index is 1170. The lowest BCUT2D eigenvalue weighted by Gasteiger charge is -2.15. The third-order valence-electron chi connectivity index (χ3n) is 5.39. The number of nitrogens with zero attached hydrogens (tertiary/aromatic N) is 2. The van der Waals surface area contributed by atoms with E-state index in [0.717, 1.165) is 28.5 Å². The first-order valence-corrected chi connectivity index (χ1v) is 11.2. The minimum atomic E-state index is -3.70. The Morgan fingerprint density at radius 1 is 0.724 bits per heavy atom. The minimum absolute atomic E-state index is 0.0392. The Morgan fingerprint density at radius 3 is 1.55 bits per heavy atom. The topological polar surface area (TPSA) is 69.2 Å². The molecule has 3 aromatic rings. The van der Waals surface area contributed by atoms with Crippen LogP contribution in [-0.4, -0.2) is 24.6 Å². The third kappa shape index (κ3) is 4.48. The maximum absolute atomic E-state index is 11.6. The molecule has 0 unspecified atom stereocenters. The lowest BCUT2D eigenvalue weighted by Crippen LogP contribution is -2.08. The summed E-state index contributed by atoms with van der Waals surface area (Å²) in [6, 6.07) is 8.27. The molecule has 29 heavy (non-hydrogen) atoms. The van der Waals surface area contributed by atoms with Crippen LogP contribution < -0.4 is 4.18 Å². The molecular formula is C23H26N2O3S. The van der Waals surface area contributed by atoms with Gasteiger partial charge in [0.1, 0.15) is 5.69 Å². The van der Waals surface area contributed by atoms with E-state index in [9.17, 15) is 8.42 Å². The number of aryl methyl sites for hydroxylation is 4. The van der Waals surface area contributed by atoms with Crippen molar-refractivity contribution in [3.8, 4) is 28.4 Å². The van der Waals surface area contributed by atoms with Crippen molar-refractivity contribution in [2.75, 3.05) is 6.26 Å². The molecule has 6 heteroatoms. The Balaban J connectivity index is 2.29. The quantitative estimate of drug-likeness (QED) is 0.566. The van der Waals surface area contributed by atoms with Crippen LogP contribution in [0.2, 0.25) is 0 Å². The van der Waals surface area contributed by atoms with Crippen LogP contribution in [0.4, 0.5) is 0 Å². The number of hydrogen-bond donors (Lipinski definition) is 0. The van der Waals surface area contributed by atoms with Crippen molar-refractivity contribution in [3.05, 3.63) is 63.8 Å². The largest absolute Gasteiger partial charge is 0.360 e. The maximum atomic E-state index is 11.6. The predicted molar refractivity (Wildman–Crippen MR) is 117 cm³/mol. The highest BCUT2D eigenvalue weighted by atomic mass is 32.2. The van der Waals surface area contributed by atoms with E-state index in [1.165, 1.54) is 28.5 Å². The van der Waals surface area contributed by atoms with Crippen molar-refractivity contribution >= 4 is 10.1 Å². The van der Waals surface area contributed by atoms with Crippen LogP contribution >= 0.6 is 0 Å². The number of hydrogen-bond acceptors (Lipinski definition) is 5. The molecule has 0 spiro atoms. The molecule has 0 amide bonds. The van der Waals surface area contributed by atoms with Crippen LogP contribution in [-0.2, 0) is 10.1 Å². The van der Waals surface area contributed by atoms with E-state index in [1.54, 1.807) is 0 Å². The normalized spacial score (nSPS) is 11.6. The highest BCUT2D eigenvalue weighted by Gasteiger charge is 2.17. The van der Waals surface area contributed by atoms with Crippen molar-refractivity contribution in [2.45, 2.75) is 41.5 Å². The van der Waals surface area contributed by atoms with E-state index < -0.39 is 10.1 Å². The van der Waals surface area contributed by atoms with Gasteiger partial charge in [0.25, 0.3) is 5.88 Å². The highest BCUT2D eigenvalue weighted by molar-refractivity contribution is 7.86. The van der Waals surface area contributed by atoms with E-state index in [0.29, 0.717) is 11.4 Å². The summed E-state index contributed by atoms with van der Waals surface area (Å²) in [6.45, 7) is 12.4. The second-order valence-electron chi connectivity index (χ2n) is 7.66. The van der Waals surface area contributed by atoms with Gasteiger partial charge < -0.3 is 4.18 Å². The van der Waals surface area contributed by atoms with Gasteiger partial charge >= 0.3 is 10.1 Å². The second-order valence-corrected chi connectivity index (χ2v) is 9.24. The number of benzene rings is 2. The predicted octanol–water partition coefficient (Wildman–Crippen LogP) is 5.00. The van der Waals surface area contributed by atoms with Crippen molar-refractivity contribution in [1.29, 1.82) is 0 Å². The first-order chi connectivity index (χ1) is 13.5. The van der Waals surface area contributed by atoms with Crippen LogP contribution in [0.1, 0.15) is 33.4 Å². The van der Waals surface area contributed by atoms with Gasteiger partial charge in [-0.2, -0.15) is 8.42 Å². The van der Waals surface area contributed by atoms with E-state index >= 15 is 0 Å². The van der Waals surface area contributed by atoms with Gasteiger partial charge in [-0.1, -0.05) is 0 Å². The maximum Gasteiger partial charge on any atom is 0.307 e. The first-order valence-electron chi connectivity index (χ1n) is 9.39. The summed E-state index contributed by atoms with van der Waals surface area (Å²) >= 11 is 0. The molecule has 0 radical (unpaired) electrons. The Hall–Kier alpha value is -2.73. The van der Waals surface area contributed by atoms with E-state index in [1.807, 2.05) is 12.1 Å².